The van der Waals surface area contributed by atoms with Crippen molar-refractivity contribution in [2.24, 2.45) is 0 Å². The van der Waals surface area contributed by atoms with Crippen LogP contribution in [0.5, 0.6) is 5.75 Å². The summed E-state index contributed by atoms with van der Waals surface area (Å²) in [4.78, 5) is 4.37. The van der Waals surface area contributed by atoms with Gasteiger partial charge in [-0.25, -0.2) is 0 Å². The lowest BCUT2D eigenvalue weighted by Gasteiger charge is -2.13. The van der Waals surface area contributed by atoms with Crippen molar-refractivity contribution in [1.82, 2.24) is 10.1 Å². The van der Waals surface area contributed by atoms with Gasteiger partial charge in [0.2, 0.25) is 5.82 Å². The van der Waals surface area contributed by atoms with E-state index in [1.807, 2.05) is 12.1 Å². The van der Waals surface area contributed by atoms with Gasteiger partial charge in [0.1, 0.15) is 5.75 Å². The van der Waals surface area contributed by atoms with Crippen LogP contribution in [-0.2, 0) is 12.6 Å². The third kappa shape index (κ3) is 3.25. The molecule has 4 nitrogen and oxygen atoms in total. The zero-order valence-corrected chi connectivity index (χ0v) is 15.5. The molecule has 3 aromatic rings. The number of rotatable bonds is 4. The van der Waals surface area contributed by atoms with Crippen molar-refractivity contribution in [2.75, 3.05) is 6.61 Å². The second-order valence-electron chi connectivity index (χ2n) is 6.88. The molecule has 0 unspecified atom stereocenters. The van der Waals surface area contributed by atoms with E-state index in [0.29, 0.717) is 11.7 Å². The van der Waals surface area contributed by atoms with Crippen LogP contribution >= 0.6 is 0 Å². The van der Waals surface area contributed by atoms with Gasteiger partial charge in [0.25, 0.3) is 5.89 Å². The minimum absolute atomic E-state index is 0.0483. The number of benzene rings is 2. The normalized spacial score (nSPS) is 16.2. The van der Waals surface area contributed by atoms with Crippen LogP contribution in [0.15, 0.2) is 40.9 Å². The van der Waals surface area contributed by atoms with Gasteiger partial charge in [-0.1, -0.05) is 30.3 Å². The number of alkyl halides is 3. The molecule has 0 aliphatic heterocycles. The molecule has 1 atom stereocenters. The number of aromatic nitrogens is 2. The number of halogens is 3. The molecule has 1 aliphatic carbocycles. The van der Waals surface area contributed by atoms with Crippen molar-refractivity contribution in [3.8, 4) is 28.6 Å². The fourth-order valence-electron chi connectivity index (χ4n) is 3.69. The van der Waals surface area contributed by atoms with E-state index in [-0.39, 0.29) is 23.8 Å². The Morgan fingerprint density at radius 2 is 2.04 bits per heavy atom. The molecule has 1 aromatic heterocycles. The first-order valence-corrected chi connectivity index (χ1v) is 9.18. The Kier molecular flexibility index (Phi) is 4.61. The van der Waals surface area contributed by atoms with Crippen molar-refractivity contribution < 1.29 is 22.4 Å². The highest BCUT2D eigenvalue weighted by molar-refractivity contribution is 5.66. The standard InChI is InChI=1S/C21H19F3N2O2/c1-3-27-18-10-8-13(11-17(18)21(22,23)24)20-25-19(26-28-20)16-6-4-5-14-12(2)7-9-15(14)16/h4-6,8,10-12H,3,7,9H2,1-2H3/t12-/m0/s1. The molecule has 2 aromatic carbocycles. The zero-order valence-electron chi connectivity index (χ0n) is 15.5. The largest absolute Gasteiger partial charge is 0.493 e. The fraction of sp³-hybridized carbons (Fsp3) is 0.333. The summed E-state index contributed by atoms with van der Waals surface area (Å²) in [6.07, 6.45) is -2.55. The van der Waals surface area contributed by atoms with Gasteiger partial charge < -0.3 is 9.26 Å². The average molecular weight is 388 g/mol. The minimum atomic E-state index is -4.54. The van der Waals surface area contributed by atoms with E-state index in [9.17, 15) is 13.2 Å². The number of fused-ring (bicyclic) bond motifs is 1. The number of ether oxygens (including phenoxy) is 1. The highest BCUT2D eigenvalue weighted by atomic mass is 19.4. The van der Waals surface area contributed by atoms with E-state index in [1.165, 1.54) is 23.3 Å². The highest BCUT2D eigenvalue weighted by Gasteiger charge is 2.35. The maximum Gasteiger partial charge on any atom is 0.419 e. The molecule has 0 saturated carbocycles. The lowest BCUT2D eigenvalue weighted by Crippen LogP contribution is -2.08. The van der Waals surface area contributed by atoms with Crippen LogP contribution in [0.2, 0.25) is 0 Å². The first-order valence-electron chi connectivity index (χ1n) is 9.18. The summed E-state index contributed by atoms with van der Waals surface area (Å²) in [7, 11) is 0. The Hall–Kier alpha value is -2.83. The Bertz CT molecular complexity index is 1010. The maximum atomic E-state index is 13.4. The Balaban J connectivity index is 1.73. The van der Waals surface area contributed by atoms with Crippen molar-refractivity contribution in [3.05, 3.63) is 53.1 Å². The molecule has 7 heteroatoms. The van der Waals surface area contributed by atoms with E-state index < -0.39 is 11.7 Å². The molecule has 4 rings (SSSR count). The van der Waals surface area contributed by atoms with Crippen molar-refractivity contribution in [2.45, 2.75) is 38.8 Å². The van der Waals surface area contributed by atoms with Gasteiger partial charge in [-0.3, -0.25) is 0 Å². The molecule has 0 fully saturated rings. The van der Waals surface area contributed by atoms with E-state index in [2.05, 4.69) is 23.1 Å². The van der Waals surface area contributed by atoms with Crippen LogP contribution in [0.25, 0.3) is 22.8 Å². The molecule has 0 spiro atoms. The number of hydrogen-bond donors (Lipinski definition) is 0. The molecule has 146 valence electrons. The molecule has 0 radical (unpaired) electrons. The summed E-state index contributed by atoms with van der Waals surface area (Å²) in [5, 5.41) is 4.02. The molecular formula is C21H19F3N2O2. The zero-order chi connectivity index (χ0) is 19.9. The SMILES string of the molecule is CCOc1ccc(-c2nc(-c3cccc4c3CC[C@@H]4C)no2)cc1C(F)(F)F. The highest BCUT2D eigenvalue weighted by Crippen LogP contribution is 2.40. The molecule has 0 amide bonds. The van der Waals surface area contributed by atoms with Crippen LogP contribution in [-0.4, -0.2) is 16.7 Å². The summed E-state index contributed by atoms with van der Waals surface area (Å²) in [6.45, 7) is 3.96. The van der Waals surface area contributed by atoms with Crippen LogP contribution in [0, 0.1) is 0 Å². The average Bonchev–Trinajstić information content (AvgIpc) is 3.29. The lowest BCUT2D eigenvalue weighted by molar-refractivity contribution is -0.138. The monoisotopic (exact) mass is 388 g/mol. The Morgan fingerprint density at radius 1 is 1.21 bits per heavy atom. The maximum absolute atomic E-state index is 13.4. The molecule has 0 bridgehead atoms. The summed E-state index contributed by atoms with van der Waals surface area (Å²) < 4.78 is 50.5. The summed E-state index contributed by atoms with van der Waals surface area (Å²) in [5.41, 5.74) is 2.67. The summed E-state index contributed by atoms with van der Waals surface area (Å²) >= 11 is 0. The van der Waals surface area contributed by atoms with Gasteiger partial charge in [-0.15, -0.1) is 0 Å². The molecule has 0 N–H and O–H groups in total. The van der Waals surface area contributed by atoms with Gasteiger partial charge in [-0.2, -0.15) is 18.2 Å². The van der Waals surface area contributed by atoms with Crippen molar-refractivity contribution >= 4 is 0 Å². The smallest absolute Gasteiger partial charge is 0.419 e. The summed E-state index contributed by atoms with van der Waals surface area (Å²) in [6, 6.07) is 9.73. The molecule has 28 heavy (non-hydrogen) atoms. The first-order chi connectivity index (χ1) is 13.4. The predicted octanol–water partition coefficient (Wildman–Crippen LogP) is 5.87. The van der Waals surface area contributed by atoms with Crippen LogP contribution in [0.4, 0.5) is 13.2 Å². The Labute approximate surface area is 160 Å². The van der Waals surface area contributed by atoms with E-state index >= 15 is 0 Å². The predicted molar refractivity (Wildman–Crippen MR) is 98.1 cm³/mol. The van der Waals surface area contributed by atoms with E-state index in [0.717, 1.165) is 24.5 Å². The van der Waals surface area contributed by atoms with Gasteiger partial charge in [-0.05, 0) is 55.0 Å². The number of hydrogen-bond acceptors (Lipinski definition) is 4. The van der Waals surface area contributed by atoms with Crippen LogP contribution in [0.1, 0.15) is 42.9 Å². The van der Waals surface area contributed by atoms with Crippen molar-refractivity contribution in [3.63, 3.8) is 0 Å². The second-order valence-corrected chi connectivity index (χ2v) is 6.88. The van der Waals surface area contributed by atoms with E-state index in [1.54, 1.807) is 6.92 Å². The van der Waals surface area contributed by atoms with Crippen LogP contribution < -0.4 is 4.74 Å². The minimum Gasteiger partial charge on any atom is -0.493 e. The van der Waals surface area contributed by atoms with Crippen LogP contribution in [0.3, 0.4) is 0 Å². The Morgan fingerprint density at radius 3 is 2.79 bits per heavy atom. The first kappa shape index (κ1) is 18.5. The van der Waals surface area contributed by atoms with Gasteiger partial charge >= 0.3 is 6.18 Å². The van der Waals surface area contributed by atoms with Gasteiger partial charge in [0.05, 0.1) is 12.2 Å². The van der Waals surface area contributed by atoms with Gasteiger partial charge in [0.15, 0.2) is 0 Å². The molecular weight excluding hydrogens is 369 g/mol. The van der Waals surface area contributed by atoms with Gasteiger partial charge in [0, 0.05) is 11.1 Å². The summed E-state index contributed by atoms with van der Waals surface area (Å²) in [5.74, 6) is 0.700. The molecule has 0 saturated heterocycles. The number of nitrogens with zero attached hydrogens (tertiary/aromatic N) is 2. The topological polar surface area (TPSA) is 48.2 Å². The third-order valence-electron chi connectivity index (χ3n) is 5.07. The quantitative estimate of drug-likeness (QED) is 0.561. The second kappa shape index (κ2) is 6.96. The van der Waals surface area contributed by atoms with E-state index in [4.69, 9.17) is 9.26 Å². The third-order valence-corrected chi connectivity index (χ3v) is 5.07. The molecule has 1 heterocycles. The van der Waals surface area contributed by atoms with Crippen molar-refractivity contribution in [1.29, 1.82) is 0 Å². The molecule has 1 aliphatic rings. The lowest BCUT2D eigenvalue weighted by atomic mass is 9.99. The fourth-order valence-corrected chi connectivity index (χ4v) is 3.69.